The van der Waals surface area contributed by atoms with E-state index in [0.29, 0.717) is 52.0 Å². The number of esters is 1. The average molecular weight is 591 g/mol. The Bertz CT molecular complexity index is 1820. The van der Waals surface area contributed by atoms with Gasteiger partial charge in [0.2, 0.25) is 5.78 Å². The Morgan fingerprint density at radius 1 is 0.864 bits per heavy atom. The standard InChI is InChI=1S/C36H30O8/c1-39-29-11-8-22(18-31(29)40-2)19-32-35(38)25-9-12-30-34(36(25)44-32)26(20-33(37)43-30)24-5-3-4-6-28(24)42-15-13-21-7-10-27-23(17-21)14-16-41-27/h3-12,17-19,26H,13-16,20H2,1-2H3/b32-19-/t26-/m0/s1. The van der Waals surface area contributed by atoms with Gasteiger partial charge in [0, 0.05) is 29.9 Å². The normalized spacial score (nSPS) is 17.2. The molecule has 8 heteroatoms. The molecule has 7 rings (SSSR count). The summed E-state index contributed by atoms with van der Waals surface area (Å²) in [4.78, 5) is 26.3. The van der Waals surface area contributed by atoms with E-state index in [1.54, 1.807) is 44.6 Å². The first-order valence-corrected chi connectivity index (χ1v) is 14.5. The third-order valence-electron chi connectivity index (χ3n) is 8.18. The Kier molecular flexibility index (Phi) is 7.18. The van der Waals surface area contributed by atoms with Crippen molar-refractivity contribution >= 4 is 17.8 Å². The zero-order valence-corrected chi connectivity index (χ0v) is 24.4. The molecule has 3 heterocycles. The largest absolute Gasteiger partial charge is 0.493 e. The summed E-state index contributed by atoms with van der Waals surface area (Å²) in [5.41, 5.74) is 5.01. The fourth-order valence-corrected chi connectivity index (χ4v) is 6.04. The molecule has 0 fully saturated rings. The van der Waals surface area contributed by atoms with Gasteiger partial charge in [0.15, 0.2) is 17.3 Å². The second kappa shape index (κ2) is 11.4. The fourth-order valence-electron chi connectivity index (χ4n) is 6.04. The van der Waals surface area contributed by atoms with Crippen LogP contribution in [0, 0.1) is 0 Å². The molecule has 222 valence electrons. The molecule has 8 nitrogen and oxygen atoms in total. The Morgan fingerprint density at radius 2 is 1.70 bits per heavy atom. The lowest BCUT2D eigenvalue weighted by Crippen LogP contribution is -2.22. The quantitative estimate of drug-likeness (QED) is 0.134. The molecule has 1 atom stereocenters. The molecule has 0 aliphatic carbocycles. The highest BCUT2D eigenvalue weighted by atomic mass is 16.5. The summed E-state index contributed by atoms with van der Waals surface area (Å²) >= 11 is 0. The predicted octanol–water partition coefficient (Wildman–Crippen LogP) is 6.32. The van der Waals surface area contributed by atoms with Gasteiger partial charge in [-0.2, -0.15) is 0 Å². The van der Waals surface area contributed by atoms with Crippen molar-refractivity contribution in [3.05, 3.63) is 112 Å². The number of hydrogen-bond donors (Lipinski definition) is 0. The highest BCUT2D eigenvalue weighted by Crippen LogP contribution is 2.50. The van der Waals surface area contributed by atoms with E-state index in [1.807, 2.05) is 36.4 Å². The fraction of sp³-hybridized carbons (Fsp3) is 0.222. The van der Waals surface area contributed by atoms with Crippen LogP contribution < -0.4 is 28.4 Å². The van der Waals surface area contributed by atoms with Crippen LogP contribution in [-0.4, -0.2) is 39.2 Å². The molecule has 4 aromatic carbocycles. The summed E-state index contributed by atoms with van der Waals surface area (Å²) < 4.78 is 34.6. The molecule has 0 aromatic heterocycles. The summed E-state index contributed by atoms with van der Waals surface area (Å²) in [6.07, 6.45) is 3.40. The smallest absolute Gasteiger partial charge is 0.312 e. The van der Waals surface area contributed by atoms with Crippen LogP contribution >= 0.6 is 0 Å². The van der Waals surface area contributed by atoms with Crippen molar-refractivity contribution in [2.75, 3.05) is 27.4 Å². The monoisotopic (exact) mass is 590 g/mol. The first kappa shape index (κ1) is 27.6. The predicted molar refractivity (Wildman–Crippen MR) is 162 cm³/mol. The molecule has 0 bridgehead atoms. The molecule has 0 spiro atoms. The van der Waals surface area contributed by atoms with Gasteiger partial charge in [0.25, 0.3) is 0 Å². The van der Waals surface area contributed by atoms with E-state index in [0.717, 1.165) is 30.8 Å². The Hall–Kier alpha value is -5.24. The Morgan fingerprint density at radius 3 is 2.57 bits per heavy atom. The number of ketones is 1. The van der Waals surface area contributed by atoms with E-state index in [4.69, 9.17) is 28.4 Å². The zero-order chi connectivity index (χ0) is 30.2. The maximum absolute atomic E-state index is 13.5. The van der Waals surface area contributed by atoms with Crippen LogP contribution in [0.25, 0.3) is 6.08 Å². The topological polar surface area (TPSA) is 89.5 Å². The minimum absolute atomic E-state index is 0.0843. The third kappa shape index (κ3) is 5.02. The Balaban J connectivity index is 1.18. The van der Waals surface area contributed by atoms with Crippen molar-refractivity contribution in [3.63, 3.8) is 0 Å². The van der Waals surface area contributed by atoms with Crippen LogP contribution in [0.4, 0.5) is 0 Å². The van der Waals surface area contributed by atoms with Gasteiger partial charge in [0.1, 0.15) is 23.0 Å². The van der Waals surface area contributed by atoms with Gasteiger partial charge in [-0.3, -0.25) is 9.59 Å². The number of fused-ring (bicyclic) bond motifs is 4. The number of para-hydroxylation sites is 1. The maximum atomic E-state index is 13.5. The second-order valence-corrected chi connectivity index (χ2v) is 10.8. The highest BCUT2D eigenvalue weighted by Gasteiger charge is 2.39. The summed E-state index contributed by atoms with van der Waals surface area (Å²) in [6, 6.07) is 22.6. The third-order valence-corrected chi connectivity index (χ3v) is 8.18. The molecule has 0 saturated heterocycles. The van der Waals surface area contributed by atoms with Crippen LogP contribution in [0.1, 0.15) is 50.5 Å². The number of carbonyl (C=O) groups excluding carboxylic acids is 2. The van der Waals surface area contributed by atoms with Crippen LogP contribution in [0.3, 0.4) is 0 Å². The number of allylic oxidation sites excluding steroid dienone is 1. The molecule has 0 radical (unpaired) electrons. The van der Waals surface area contributed by atoms with E-state index >= 15 is 0 Å². The Labute approximate surface area is 254 Å². The van der Waals surface area contributed by atoms with Gasteiger partial charge in [-0.25, -0.2) is 0 Å². The summed E-state index contributed by atoms with van der Waals surface area (Å²) in [7, 11) is 3.12. The van der Waals surface area contributed by atoms with Gasteiger partial charge >= 0.3 is 5.97 Å². The van der Waals surface area contributed by atoms with Gasteiger partial charge < -0.3 is 28.4 Å². The molecular formula is C36H30O8. The molecular weight excluding hydrogens is 560 g/mol. The van der Waals surface area contributed by atoms with Gasteiger partial charge in [-0.15, -0.1) is 0 Å². The van der Waals surface area contributed by atoms with Crippen LogP contribution in [-0.2, 0) is 17.6 Å². The van der Waals surface area contributed by atoms with Crippen molar-refractivity contribution in [2.24, 2.45) is 0 Å². The molecule has 0 amide bonds. The van der Waals surface area contributed by atoms with Crippen molar-refractivity contribution in [1.29, 1.82) is 0 Å². The summed E-state index contributed by atoms with van der Waals surface area (Å²) in [5.74, 6) is 2.65. The summed E-state index contributed by atoms with van der Waals surface area (Å²) in [6.45, 7) is 1.18. The minimum Gasteiger partial charge on any atom is -0.493 e. The van der Waals surface area contributed by atoms with Crippen molar-refractivity contribution < 1.29 is 38.0 Å². The number of Topliss-reactive ketones (excluding diaryl/α,β-unsaturated/α-hetero) is 1. The second-order valence-electron chi connectivity index (χ2n) is 10.8. The number of benzene rings is 4. The van der Waals surface area contributed by atoms with E-state index in [2.05, 4.69) is 12.1 Å². The van der Waals surface area contributed by atoms with Gasteiger partial charge in [-0.1, -0.05) is 36.4 Å². The van der Waals surface area contributed by atoms with E-state index in [-0.39, 0.29) is 23.9 Å². The maximum Gasteiger partial charge on any atom is 0.312 e. The highest BCUT2D eigenvalue weighted by molar-refractivity contribution is 6.15. The van der Waals surface area contributed by atoms with Crippen LogP contribution in [0.15, 0.2) is 78.6 Å². The van der Waals surface area contributed by atoms with Crippen molar-refractivity contribution in [3.8, 4) is 34.5 Å². The molecule has 4 aromatic rings. The first-order chi connectivity index (χ1) is 21.5. The van der Waals surface area contributed by atoms with Crippen molar-refractivity contribution in [2.45, 2.75) is 25.2 Å². The molecule has 0 unspecified atom stereocenters. The van der Waals surface area contributed by atoms with Crippen LogP contribution in [0.2, 0.25) is 0 Å². The van der Waals surface area contributed by atoms with Gasteiger partial charge in [-0.05, 0) is 59.2 Å². The molecule has 44 heavy (non-hydrogen) atoms. The molecule has 3 aliphatic heterocycles. The number of methoxy groups -OCH3 is 2. The number of rotatable bonds is 8. The SMILES string of the molecule is COc1ccc(/C=C2\Oc3c(ccc4c3[C@H](c3ccccc3OCCc3ccc5c(c3)CCO5)CC(=O)O4)C2=O)cc1OC. The number of hydrogen-bond acceptors (Lipinski definition) is 8. The van der Waals surface area contributed by atoms with Crippen LogP contribution in [0.5, 0.6) is 34.5 Å². The number of ether oxygens (including phenoxy) is 6. The minimum atomic E-state index is -0.428. The first-order valence-electron chi connectivity index (χ1n) is 14.5. The van der Waals surface area contributed by atoms with E-state index in [1.165, 1.54) is 11.1 Å². The van der Waals surface area contributed by atoms with E-state index < -0.39 is 5.92 Å². The molecule has 0 saturated carbocycles. The number of carbonyl (C=O) groups is 2. The lowest BCUT2D eigenvalue weighted by molar-refractivity contribution is -0.135. The summed E-state index contributed by atoms with van der Waals surface area (Å²) in [5, 5.41) is 0. The average Bonchev–Trinajstić information content (AvgIpc) is 3.64. The zero-order valence-electron chi connectivity index (χ0n) is 24.4. The molecule has 0 N–H and O–H groups in total. The van der Waals surface area contributed by atoms with Crippen molar-refractivity contribution in [1.82, 2.24) is 0 Å². The van der Waals surface area contributed by atoms with Gasteiger partial charge in [0.05, 0.1) is 39.4 Å². The molecule has 3 aliphatic rings. The lowest BCUT2D eigenvalue weighted by Gasteiger charge is -2.27. The van der Waals surface area contributed by atoms with E-state index in [9.17, 15) is 9.59 Å². The lowest BCUT2D eigenvalue weighted by atomic mass is 9.84.